The predicted octanol–water partition coefficient (Wildman–Crippen LogP) is 10.9. The summed E-state index contributed by atoms with van der Waals surface area (Å²) in [6.45, 7) is 13.3. The minimum Gasteiger partial charge on any atom is -0.664 e. The van der Waals surface area contributed by atoms with Crippen LogP contribution in [0.15, 0.2) is 132 Å². The third-order valence-electron chi connectivity index (χ3n) is 7.27. The molecular formula is C38H38N4Zn. The molecule has 0 spiro atoms. The van der Waals surface area contributed by atoms with Crippen molar-refractivity contribution in [2.45, 2.75) is 41.5 Å². The van der Waals surface area contributed by atoms with Crippen LogP contribution in [0.2, 0.25) is 0 Å². The zero-order valence-corrected chi connectivity index (χ0v) is 29.0. The first-order chi connectivity index (χ1) is 20.1. The van der Waals surface area contributed by atoms with Crippen LogP contribution < -0.4 is 0 Å². The Kier molecular flexibility index (Phi) is 9.99. The topological polar surface area (TPSA) is 54.0 Å². The summed E-state index contributed by atoms with van der Waals surface area (Å²) in [5, 5.41) is 13.6. The summed E-state index contributed by atoms with van der Waals surface area (Å²) < 4.78 is 0. The van der Waals surface area contributed by atoms with Gasteiger partial charge in [0.1, 0.15) is 0 Å². The van der Waals surface area contributed by atoms with Crippen molar-refractivity contribution in [3.05, 3.63) is 154 Å². The zero-order chi connectivity index (χ0) is 29.7. The van der Waals surface area contributed by atoms with Crippen LogP contribution in [0.25, 0.3) is 44.3 Å². The molecule has 0 N–H and O–H groups in total. The molecule has 2 aliphatic rings. The Bertz CT molecular complexity index is 1650. The van der Waals surface area contributed by atoms with Gasteiger partial charge in [-0.05, 0) is 44.9 Å². The first-order valence-electron chi connectivity index (χ1n) is 14.4. The smallest absolute Gasteiger partial charge is 0.664 e. The monoisotopic (exact) mass is 614 g/mol. The fourth-order valence-electron chi connectivity index (χ4n) is 4.78. The average molecular weight is 616 g/mol. The van der Waals surface area contributed by atoms with Crippen molar-refractivity contribution in [2.75, 3.05) is 0 Å². The van der Waals surface area contributed by atoms with Gasteiger partial charge in [0.05, 0.1) is 11.4 Å². The van der Waals surface area contributed by atoms with E-state index in [0.717, 1.165) is 33.6 Å². The van der Waals surface area contributed by atoms with Crippen LogP contribution in [0.4, 0.5) is 0 Å². The van der Waals surface area contributed by atoms with Gasteiger partial charge in [0, 0.05) is 23.2 Å². The van der Waals surface area contributed by atoms with E-state index in [1.165, 1.54) is 21.9 Å². The van der Waals surface area contributed by atoms with Crippen LogP contribution in [-0.4, -0.2) is 9.97 Å². The van der Waals surface area contributed by atoms with Crippen molar-refractivity contribution in [2.24, 2.45) is 10.8 Å². The molecule has 4 heterocycles. The fourth-order valence-corrected chi connectivity index (χ4v) is 4.78. The summed E-state index contributed by atoms with van der Waals surface area (Å²) in [6, 6.07) is 20.7. The minimum absolute atomic E-state index is 0. The molecule has 4 aromatic rings. The Hall–Kier alpha value is -4.08. The summed E-state index contributed by atoms with van der Waals surface area (Å²) in [4.78, 5) is 9.00. The van der Waals surface area contributed by atoms with Crippen LogP contribution in [0, 0.1) is 10.8 Å². The zero-order valence-electron chi connectivity index (χ0n) is 26.0. The number of fused-ring (bicyclic) bond motifs is 2. The minimum atomic E-state index is 0. The van der Waals surface area contributed by atoms with Crippen LogP contribution in [0.5, 0.6) is 0 Å². The summed E-state index contributed by atoms with van der Waals surface area (Å²) in [5.74, 6) is 0. The summed E-state index contributed by atoms with van der Waals surface area (Å²) >= 11 is 0. The van der Waals surface area contributed by atoms with Gasteiger partial charge in [0.15, 0.2) is 0 Å². The van der Waals surface area contributed by atoms with Crippen molar-refractivity contribution >= 4 is 33.7 Å². The van der Waals surface area contributed by atoms with Gasteiger partial charge in [-0.2, -0.15) is 12.4 Å². The van der Waals surface area contributed by atoms with Crippen LogP contribution >= 0.6 is 0 Å². The molecule has 2 aliphatic heterocycles. The molecule has 2 aromatic heterocycles. The van der Waals surface area contributed by atoms with Crippen molar-refractivity contribution in [3.63, 3.8) is 0 Å². The number of benzene rings is 2. The van der Waals surface area contributed by atoms with Crippen LogP contribution in [0.3, 0.4) is 0 Å². The number of hydrogen-bond acceptors (Lipinski definition) is 2. The predicted molar refractivity (Wildman–Crippen MR) is 180 cm³/mol. The van der Waals surface area contributed by atoms with E-state index in [1.54, 1.807) is 0 Å². The van der Waals surface area contributed by atoms with Gasteiger partial charge < -0.3 is 10.6 Å². The third kappa shape index (κ3) is 8.06. The normalized spacial score (nSPS) is 16.5. The molecule has 212 valence electrons. The Morgan fingerprint density at radius 3 is 1.35 bits per heavy atom. The van der Waals surface area contributed by atoms with Crippen molar-refractivity contribution in [3.8, 4) is 0 Å². The molecule has 0 radical (unpaired) electrons. The van der Waals surface area contributed by atoms with E-state index in [-0.39, 0.29) is 30.3 Å². The molecular weight excluding hydrogens is 578 g/mol. The van der Waals surface area contributed by atoms with Crippen molar-refractivity contribution < 1.29 is 19.5 Å². The fraction of sp³-hybridized carbons (Fsp3) is 0.211. The summed E-state index contributed by atoms with van der Waals surface area (Å²) in [7, 11) is 0. The molecule has 0 unspecified atom stereocenters. The molecule has 5 heteroatoms. The molecule has 0 aliphatic carbocycles. The molecule has 0 atom stereocenters. The van der Waals surface area contributed by atoms with Gasteiger partial charge in [0.25, 0.3) is 0 Å². The van der Waals surface area contributed by atoms with E-state index in [4.69, 9.17) is 0 Å². The van der Waals surface area contributed by atoms with Gasteiger partial charge >= 0.3 is 19.5 Å². The first kappa shape index (κ1) is 31.9. The number of allylic oxidation sites excluding steroid dienone is 6. The molecule has 0 saturated heterocycles. The summed E-state index contributed by atoms with van der Waals surface area (Å²) in [6.07, 6.45) is 20.0. The summed E-state index contributed by atoms with van der Waals surface area (Å²) in [5.41, 5.74) is 6.64. The van der Waals surface area contributed by atoms with Crippen molar-refractivity contribution in [1.82, 2.24) is 9.97 Å². The van der Waals surface area contributed by atoms with E-state index in [9.17, 15) is 0 Å². The SMILES string of the molecule is CC(C)(C)C1=C/C(=C/c2nccc3ccccc23)[N-]C=C1.CC(C)(C)C1=C/C(=C/c2nccc3ccccc23)[N-]C=C1.[Zn+2]. The van der Waals surface area contributed by atoms with Crippen LogP contribution in [0.1, 0.15) is 52.9 Å². The van der Waals surface area contributed by atoms with Crippen LogP contribution in [-0.2, 0) is 19.5 Å². The second-order valence-electron chi connectivity index (χ2n) is 12.6. The molecule has 0 bridgehead atoms. The van der Waals surface area contributed by atoms with E-state index < -0.39 is 0 Å². The molecule has 43 heavy (non-hydrogen) atoms. The Morgan fingerprint density at radius 2 is 0.953 bits per heavy atom. The van der Waals surface area contributed by atoms with Gasteiger partial charge in [-0.15, -0.1) is 11.4 Å². The number of rotatable bonds is 2. The average Bonchev–Trinajstić information content (AvgIpc) is 2.97. The molecule has 2 aromatic carbocycles. The van der Waals surface area contributed by atoms with E-state index in [1.807, 2.05) is 61.2 Å². The molecule has 0 fully saturated rings. The first-order valence-corrected chi connectivity index (χ1v) is 14.4. The Balaban J connectivity index is 0.000000192. The van der Waals surface area contributed by atoms with Gasteiger partial charge in [-0.25, -0.2) is 0 Å². The Labute approximate surface area is 268 Å². The second-order valence-corrected chi connectivity index (χ2v) is 12.6. The number of nitrogens with zero attached hydrogens (tertiary/aromatic N) is 4. The van der Waals surface area contributed by atoms with Gasteiger partial charge in [0.2, 0.25) is 0 Å². The molecule has 6 rings (SSSR count). The maximum atomic E-state index is 4.50. The van der Waals surface area contributed by atoms with Crippen molar-refractivity contribution in [1.29, 1.82) is 0 Å². The second kappa shape index (κ2) is 13.5. The molecule has 0 saturated carbocycles. The van der Waals surface area contributed by atoms with Gasteiger partial charge in [-0.1, -0.05) is 127 Å². The standard InChI is InChI=1S/2C19H19N2.Zn/c2*1-19(2,3)15-9-11-20-16(12-15)13-18-17-7-5-4-6-14(17)8-10-21-18;/h2*4-13H,1-3H3;/q2*-1;+2/b2*16-13-;. The Morgan fingerprint density at radius 1 is 0.558 bits per heavy atom. The van der Waals surface area contributed by atoms with E-state index in [2.05, 4.69) is 123 Å². The molecule has 0 amide bonds. The quantitative estimate of drug-likeness (QED) is 0.211. The third-order valence-corrected chi connectivity index (χ3v) is 7.27. The largest absolute Gasteiger partial charge is 2.00 e. The van der Waals surface area contributed by atoms with Gasteiger partial charge in [-0.3, -0.25) is 9.97 Å². The number of pyridine rings is 2. The molecule has 4 nitrogen and oxygen atoms in total. The van der Waals surface area contributed by atoms with E-state index >= 15 is 0 Å². The maximum Gasteiger partial charge on any atom is 2.00 e. The number of hydrogen-bond donors (Lipinski definition) is 0. The maximum absolute atomic E-state index is 4.50. The van der Waals surface area contributed by atoms with E-state index in [0.29, 0.717) is 0 Å². The number of aromatic nitrogens is 2.